The summed E-state index contributed by atoms with van der Waals surface area (Å²) in [5, 5.41) is 3.06. The summed E-state index contributed by atoms with van der Waals surface area (Å²) in [6, 6.07) is 14.1. The third-order valence-electron chi connectivity index (χ3n) is 6.57. The van der Waals surface area contributed by atoms with E-state index < -0.39 is 26.0 Å². The van der Waals surface area contributed by atoms with Crippen LogP contribution in [0, 0.1) is 0 Å². The van der Waals surface area contributed by atoms with Gasteiger partial charge in [0.2, 0.25) is 10.0 Å². The van der Waals surface area contributed by atoms with Crippen molar-refractivity contribution in [2.75, 3.05) is 57.5 Å². The van der Waals surface area contributed by atoms with Gasteiger partial charge in [0, 0.05) is 36.4 Å². The molecule has 1 aliphatic heterocycles. The van der Waals surface area contributed by atoms with Crippen LogP contribution >= 0.6 is 11.6 Å². The molecule has 1 amide bonds. The van der Waals surface area contributed by atoms with Crippen LogP contribution in [-0.4, -0.2) is 79.4 Å². The molecule has 4 rings (SSSR count). The Hall–Kier alpha value is -3.36. The minimum Gasteiger partial charge on any atom is -0.493 e. The van der Waals surface area contributed by atoms with Gasteiger partial charge in [0.25, 0.3) is 15.9 Å². The molecule has 220 valence electrons. The lowest BCUT2D eigenvalue weighted by atomic mass is 10.1. The van der Waals surface area contributed by atoms with E-state index in [4.69, 9.17) is 21.1 Å². The molecule has 0 atom stereocenters. The van der Waals surface area contributed by atoms with Crippen molar-refractivity contribution in [2.24, 2.45) is 0 Å². The molecule has 41 heavy (non-hydrogen) atoms. The zero-order valence-corrected chi connectivity index (χ0v) is 25.1. The summed E-state index contributed by atoms with van der Waals surface area (Å²) in [5.74, 6) is -0.255. The Balaban J connectivity index is 1.60. The summed E-state index contributed by atoms with van der Waals surface area (Å²) in [4.78, 5) is 15.5. The Morgan fingerprint density at radius 1 is 0.829 bits per heavy atom. The van der Waals surface area contributed by atoms with Crippen molar-refractivity contribution in [1.29, 1.82) is 0 Å². The highest BCUT2D eigenvalue weighted by Gasteiger charge is 2.27. The Labute approximate surface area is 245 Å². The fourth-order valence-electron chi connectivity index (χ4n) is 4.29. The van der Waals surface area contributed by atoms with E-state index >= 15 is 0 Å². The topological polar surface area (TPSA) is 134 Å². The number of hydrogen-bond acceptors (Lipinski definition) is 8. The predicted molar refractivity (Wildman–Crippen MR) is 157 cm³/mol. The Morgan fingerprint density at radius 3 is 2.07 bits per heavy atom. The molecule has 3 aromatic rings. The number of likely N-dealkylation sites (N-methyl/N-ethyl adjacent to an activating group) is 1. The third-order valence-corrected chi connectivity index (χ3v) is 10.1. The van der Waals surface area contributed by atoms with Gasteiger partial charge in [-0.15, -0.1) is 0 Å². The third kappa shape index (κ3) is 7.11. The highest BCUT2D eigenvalue weighted by Crippen LogP contribution is 2.35. The molecule has 0 aromatic heterocycles. The number of carbonyl (C=O) groups excluding carboxylic acids is 1. The zero-order valence-electron chi connectivity index (χ0n) is 22.8. The van der Waals surface area contributed by atoms with Gasteiger partial charge in [-0.25, -0.2) is 16.8 Å². The lowest BCUT2D eigenvalue weighted by molar-refractivity contribution is 0.102. The van der Waals surface area contributed by atoms with E-state index in [0.29, 0.717) is 30.3 Å². The predicted octanol–water partition coefficient (Wildman–Crippen LogP) is 3.74. The molecule has 1 heterocycles. The van der Waals surface area contributed by atoms with Crippen LogP contribution in [0.3, 0.4) is 0 Å². The van der Waals surface area contributed by atoms with Gasteiger partial charge in [-0.1, -0.05) is 11.6 Å². The second-order valence-corrected chi connectivity index (χ2v) is 13.4. The van der Waals surface area contributed by atoms with Crippen LogP contribution in [-0.2, 0) is 20.0 Å². The number of sulfonamides is 2. The average molecular weight is 623 g/mol. The van der Waals surface area contributed by atoms with Crippen LogP contribution < -0.4 is 19.5 Å². The fraction of sp³-hybridized carbons (Fsp3) is 0.296. The van der Waals surface area contributed by atoms with Gasteiger partial charge in [0.1, 0.15) is 0 Å². The molecule has 0 radical (unpaired) electrons. The van der Waals surface area contributed by atoms with E-state index in [1.165, 1.54) is 79.2 Å². The molecule has 0 unspecified atom stereocenters. The van der Waals surface area contributed by atoms with E-state index in [0.717, 1.165) is 13.0 Å². The average Bonchev–Trinajstić information content (AvgIpc) is 3.18. The molecule has 1 saturated heterocycles. The molecule has 0 spiro atoms. The minimum atomic E-state index is -4.10. The SMILES string of the molecule is COc1cc(NS(=O)(=O)c2ccc(Cl)cc2)c(C(=O)Nc2ccc(S(=O)(=O)N3CCCN(C)CC3)cc2)cc1OC. The fourth-order valence-corrected chi connectivity index (χ4v) is 6.96. The summed E-state index contributed by atoms with van der Waals surface area (Å²) in [7, 11) is -3.07. The molecule has 14 heteroatoms. The molecule has 1 aliphatic rings. The first kappa shape index (κ1) is 30.6. The quantitative estimate of drug-likeness (QED) is 0.369. The smallest absolute Gasteiger partial charge is 0.261 e. The van der Waals surface area contributed by atoms with Gasteiger partial charge in [-0.2, -0.15) is 4.31 Å². The van der Waals surface area contributed by atoms with Crippen LogP contribution in [0.2, 0.25) is 5.02 Å². The summed E-state index contributed by atoms with van der Waals surface area (Å²) in [5.41, 5.74) is 0.205. The van der Waals surface area contributed by atoms with Gasteiger partial charge < -0.3 is 19.7 Å². The molecule has 0 bridgehead atoms. The van der Waals surface area contributed by atoms with Gasteiger partial charge >= 0.3 is 0 Å². The highest BCUT2D eigenvalue weighted by atomic mass is 35.5. The van der Waals surface area contributed by atoms with Gasteiger partial charge in [-0.3, -0.25) is 9.52 Å². The largest absolute Gasteiger partial charge is 0.493 e. The van der Waals surface area contributed by atoms with E-state index in [9.17, 15) is 21.6 Å². The maximum Gasteiger partial charge on any atom is 0.261 e. The van der Waals surface area contributed by atoms with Crippen LogP contribution in [0.5, 0.6) is 11.5 Å². The number of rotatable bonds is 9. The van der Waals surface area contributed by atoms with Crippen LogP contribution in [0.4, 0.5) is 11.4 Å². The number of hydrogen-bond donors (Lipinski definition) is 2. The molecular formula is C27H31ClN4O7S2. The number of ether oxygens (including phenoxy) is 2. The number of nitrogens with zero attached hydrogens (tertiary/aromatic N) is 2. The lowest BCUT2D eigenvalue weighted by Crippen LogP contribution is -2.34. The number of benzene rings is 3. The number of carbonyl (C=O) groups is 1. The van der Waals surface area contributed by atoms with Crippen molar-refractivity contribution in [2.45, 2.75) is 16.2 Å². The van der Waals surface area contributed by atoms with Crippen molar-refractivity contribution < 1.29 is 31.1 Å². The molecule has 3 aromatic carbocycles. The maximum absolute atomic E-state index is 13.4. The molecule has 1 fully saturated rings. The summed E-state index contributed by atoms with van der Waals surface area (Å²) in [6.45, 7) is 2.29. The van der Waals surface area contributed by atoms with E-state index in [1.807, 2.05) is 7.05 Å². The summed E-state index contributed by atoms with van der Waals surface area (Å²) in [6.07, 6.45) is 0.735. The van der Waals surface area contributed by atoms with Gasteiger partial charge in [0.15, 0.2) is 11.5 Å². The van der Waals surface area contributed by atoms with E-state index in [1.54, 1.807) is 0 Å². The Bertz CT molecular complexity index is 1610. The highest BCUT2D eigenvalue weighted by molar-refractivity contribution is 7.92. The summed E-state index contributed by atoms with van der Waals surface area (Å²) >= 11 is 5.89. The minimum absolute atomic E-state index is 0.0504. The number of halogens is 1. The first-order valence-electron chi connectivity index (χ1n) is 12.6. The second kappa shape index (κ2) is 12.7. The van der Waals surface area contributed by atoms with Crippen LogP contribution in [0.15, 0.2) is 70.5 Å². The molecule has 2 N–H and O–H groups in total. The second-order valence-electron chi connectivity index (χ2n) is 9.35. The number of anilines is 2. The lowest BCUT2D eigenvalue weighted by Gasteiger charge is -2.20. The maximum atomic E-state index is 13.4. The van der Waals surface area contributed by atoms with Crippen molar-refractivity contribution in [3.8, 4) is 11.5 Å². The Morgan fingerprint density at radius 2 is 1.44 bits per heavy atom. The van der Waals surface area contributed by atoms with Crippen molar-refractivity contribution in [3.05, 3.63) is 71.2 Å². The molecule has 11 nitrogen and oxygen atoms in total. The van der Waals surface area contributed by atoms with Crippen molar-refractivity contribution in [3.63, 3.8) is 0 Å². The molecule has 0 aliphatic carbocycles. The monoisotopic (exact) mass is 622 g/mol. The summed E-state index contributed by atoms with van der Waals surface area (Å²) < 4.78 is 67.0. The Kier molecular flexibility index (Phi) is 9.44. The first-order chi connectivity index (χ1) is 19.4. The number of methoxy groups -OCH3 is 2. The van der Waals surface area contributed by atoms with Gasteiger partial charge in [0.05, 0.1) is 35.3 Å². The van der Waals surface area contributed by atoms with Crippen molar-refractivity contribution in [1.82, 2.24) is 9.21 Å². The van der Waals surface area contributed by atoms with E-state index in [2.05, 4.69) is 14.9 Å². The normalized spacial score (nSPS) is 15.1. The van der Waals surface area contributed by atoms with Gasteiger partial charge in [-0.05, 0) is 74.6 Å². The standard InChI is InChI=1S/C27H31ClN4O7S2/c1-31-13-4-14-32(16-15-31)41(36,37)22-11-7-20(8-12-22)29-27(33)23-17-25(38-2)26(39-3)18-24(23)30-40(34,35)21-9-5-19(28)6-10-21/h5-12,17-18,30H,4,13-16H2,1-3H3,(H,29,33). The molecular weight excluding hydrogens is 592 g/mol. The zero-order chi connectivity index (χ0) is 29.8. The van der Waals surface area contributed by atoms with Crippen LogP contribution in [0.1, 0.15) is 16.8 Å². The van der Waals surface area contributed by atoms with Crippen LogP contribution in [0.25, 0.3) is 0 Å². The first-order valence-corrected chi connectivity index (χ1v) is 15.9. The number of amides is 1. The van der Waals surface area contributed by atoms with Crippen molar-refractivity contribution >= 4 is 48.9 Å². The molecule has 0 saturated carbocycles. The number of nitrogens with one attached hydrogen (secondary N) is 2. The van der Waals surface area contributed by atoms with E-state index in [-0.39, 0.29) is 32.5 Å².